The standard InChI is InChI=1S/C15H11ClN2O/c16-12-6-2-4-8-14(12)18-15(19)11-9-17-13-7-3-1-5-10(11)13/h1-9,11H,(H,18,19)/p+1. The number of carbonyl (C=O) groups excluding carboxylic acids is 1. The van der Waals surface area contributed by atoms with Crippen molar-refractivity contribution in [2.75, 3.05) is 5.32 Å². The maximum absolute atomic E-state index is 12.3. The van der Waals surface area contributed by atoms with Crippen molar-refractivity contribution in [2.45, 2.75) is 5.92 Å². The highest BCUT2D eigenvalue weighted by Gasteiger charge is 2.30. The zero-order valence-corrected chi connectivity index (χ0v) is 10.8. The van der Waals surface area contributed by atoms with Crippen LogP contribution in [0.2, 0.25) is 5.02 Å². The van der Waals surface area contributed by atoms with Crippen molar-refractivity contribution in [2.24, 2.45) is 0 Å². The molecule has 0 aromatic heterocycles. The molecular formula is C15H12ClN2O+. The quantitative estimate of drug-likeness (QED) is 0.860. The summed E-state index contributed by atoms with van der Waals surface area (Å²) in [6, 6.07) is 15.0. The molecule has 2 aromatic rings. The second-order valence-corrected chi connectivity index (χ2v) is 4.75. The van der Waals surface area contributed by atoms with Crippen molar-refractivity contribution in [3.8, 4) is 0 Å². The molecular weight excluding hydrogens is 260 g/mol. The molecule has 0 saturated heterocycles. The lowest BCUT2D eigenvalue weighted by atomic mass is 10.0. The fourth-order valence-corrected chi connectivity index (χ4v) is 2.34. The van der Waals surface area contributed by atoms with Crippen LogP contribution >= 0.6 is 11.6 Å². The molecule has 0 radical (unpaired) electrons. The van der Waals surface area contributed by atoms with Gasteiger partial charge in [-0.3, -0.25) is 4.79 Å². The van der Waals surface area contributed by atoms with E-state index in [1.807, 2.05) is 36.4 Å². The molecule has 0 aliphatic carbocycles. The first-order valence-corrected chi connectivity index (χ1v) is 6.38. The van der Waals surface area contributed by atoms with Crippen molar-refractivity contribution < 1.29 is 9.79 Å². The Morgan fingerprint density at radius 3 is 2.68 bits per heavy atom. The smallest absolute Gasteiger partial charge is 0.242 e. The summed E-state index contributed by atoms with van der Waals surface area (Å²) in [5, 5.41) is 3.39. The summed E-state index contributed by atoms with van der Waals surface area (Å²) in [5.41, 5.74) is 2.58. The van der Waals surface area contributed by atoms with E-state index in [0.717, 1.165) is 11.3 Å². The minimum Gasteiger partial charge on any atom is -0.324 e. The summed E-state index contributed by atoms with van der Waals surface area (Å²) in [6.45, 7) is 0. The highest BCUT2D eigenvalue weighted by molar-refractivity contribution is 6.33. The van der Waals surface area contributed by atoms with E-state index in [9.17, 15) is 4.79 Å². The van der Waals surface area contributed by atoms with E-state index in [1.165, 1.54) is 0 Å². The first kappa shape index (κ1) is 11.9. The van der Waals surface area contributed by atoms with Gasteiger partial charge in [0.15, 0.2) is 6.21 Å². The van der Waals surface area contributed by atoms with E-state index in [-0.39, 0.29) is 11.8 Å². The fourth-order valence-electron chi connectivity index (χ4n) is 2.15. The van der Waals surface area contributed by atoms with Gasteiger partial charge in [0.1, 0.15) is 5.92 Å². The van der Waals surface area contributed by atoms with Gasteiger partial charge in [-0.1, -0.05) is 41.9 Å². The van der Waals surface area contributed by atoms with Gasteiger partial charge in [-0.05, 0) is 12.1 Å². The minimum atomic E-state index is -0.299. The van der Waals surface area contributed by atoms with Crippen LogP contribution in [-0.4, -0.2) is 12.1 Å². The molecule has 0 saturated carbocycles. The molecule has 2 aromatic carbocycles. The Morgan fingerprint density at radius 2 is 1.84 bits per heavy atom. The third kappa shape index (κ3) is 2.25. The lowest BCUT2D eigenvalue weighted by Gasteiger charge is -2.09. The predicted octanol–water partition coefficient (Wildman–Crippen LogP) is 1.86. The van der Waals surface area contributed by atoms with E-state index in [2.05, 4.69) is 10.3 Å². The normalized spacial score (nSPS) is 16.2. The predicted molar refractivity (Wildman–Crippen MR) is 76.0 cm³/mol. The molecule has 3 rings (SSSR count). The van der Waals surface area contributed by atoms with E-state index in [4.69, 9.17) is 11.6 Å². The van der Waals surface area contributed by atoms with Gasteiger partial charge >= 0.3 is 0 Å². The highest BCUT2D eigenvalue weighted by atomic mass is 35.5. The molecule has 19 heavy (non-hydrogen) atoms. The number of hydrogen-bond acceptors (Lipinski definition) is 1. The van der Waals surface area contributed by atoms with Crippen LogP contribution in [0.25, 0.3) is 0 Å². The Balaban J connectivity index is 1.84. The third-order valence-corrected chi connectivity index (χ3v) is 3.45. The SMILES string of the molecule is O=C(Nc1ccccc1Cl)C1C=[NH+]c2ccccc21. The number of halogens is 1. The second kappa shape index (κ2) is 4.86. The average molecular weight is 272 g/mol. The summed E-state index contributed by atoms with van der Waals surface area (Å²) in [6.07, 6.45) is 1.79. The Bertz CT molecular complexity index is 667. The number of hydrogen-bond donors (Lipinski definition) is 2. The summed E-state index contributed by atoms with van der Waals surface area (Å²) < 4.78 is 0. The van der Waals surface area contributed by atoms with Crippen molar-refractivity contribution in [1.29, 1.82) is 0 Å². The van der Waals surface area contributed by atoms with Gasteiger partial charge < -0.3 is 5.32 Å². The van der Waals surface area contributed by atoms with E-state index < -0.39 is 0 Å². The van der Waals surface area contributed by atoms with Crippen molar-refractivity contribution in [3.63, 3.8) is 0 Å². The van der Waals surface area contributed by atoms with Crippen LogP contribution in [0.15, 0.2) is 48.5 Å². The topological polar surface area (TPSA) is 43.1 Å². The molecule has 1 atom stereocenters. The Labute approximate surface area is 115 Å². The number of anilines is 1. The Morgan fingerprint density at radius 1 is 1.11 bits per heavy atom. The van der Waals surface area contributed by atoms with Gasteiger partial charge in [0.2, 0.25) is 11.6 Å². The maximum atomic E-state index is 12.3. The van der Waals surface area contributed by atoms with Crippen LogP contribution in [0.1, 0.15) is 11.5 Å². The van der Waals surface area contributed by atoms with Gasteiger partial charge in [0.05, 0.1) is 10.7 Å². The molecule has 0 fully saturated rings. The first-order chi connectivity index (χ1) is 9.25. The van der Waals surface area contributed by atoms with Gasteiger partial charge in [-0.15, -0.1) is 0 Å². The molecule has 1 aliphatic rings. The molecule has 0 spiro atoms. The molecule has 1 aliphatic heterocycles. The monoisotopic (exact) mass is 271 g/mol. The van der Waals surface area contributed by atoms with Gasteiger partial charge in [-0.25, -0.2) is 4.99 Å². The van der Waals surface area contributed by atoms with Gasteiger partial charge in [0, 0.05) is 11.6 Å². The number of amides is 1. The number of benzene rings is 2. The molecule has 3 nitrogen and oxygen atoms in total. The van der Waals surface area contributed by atoms with E-state index in [0.29, 0.717) is 10.7 Å². The minimum absolute atomic E-state index is 0.0921. The molecule has 1 unspecified atom stereocenters. The lowest BCUT2D eigenvalue weighted by Crippen LogP contribution is -2.59. The summed E-state index contributed by atoms with van der Waals surface area (Å²) in [5.74, 6) is -0.391. The first-order valence-electron chi connectivity index (χ1n) is 6.00. The van der Waals surface area contributed by atoms with Crippen LogP contribution in [0.3, 0.4) is 0 Å². The van der Waals surface area contributed by atoms with Crippen molar-refractivity contribution >= 4 is 35.1 Å². The number of para-hydroxylation sites is 2. The lowest BCUT2D eigenvalue weighted by molar-refractivity contribution is -0.344. The van der Waals surface area contributed by atoms with Crippen molar-refractivity contribution in [3.05, 3.63) is 59.1 Å². The number of nitrogens with one attached hydrogen (secondary N) is 2. The number of carbonyl (C=O) groups is 1. The van der Waals surface area contributed by atoms with E-state index >= 15 is 0 Å². The van der Waals surface area contributed by atoms with Crippen LogP contribution in [0.5, 0.6) is 0 Å². The molecule has 1 heterocycles. The zero-order valence-electron chi connectivity index (χ0n) is 10.1. The van der Waals surface area contributed by atoms with Crippen LogP contribution in [-0.2, 0) is 4.79 Å². The van der Waals surface area contributed by atoms with Gasteiger partial charge in [0.25, 0.3) is 0 Å². The van der Waals surface area contributed by atoms with Gasteiger partial charge in [-0.2, -0.15) is 0 Å². The summed E-state index contributed by atoms with van der Waals surface area (Å²) in [7, 11) is 0. The molecule has 1 amide bonds. The highest BCUT2D eigenvalue weighted by Crippen LogP contribution is 2.26. The maximum Gasteiger partial charge on any atom is 0.242 e. The summed E-state index contributed by atoms with van der Waals surface area (Å²) in [4.78, 5) is 15.4. The molecule has 2 N–H and O–H groups in total. The molecule has 94 valence electrons. The fraction of sp³-hybridized carbons (Fsp3) is 0.0667. The van der Waals surface area contributed by atoms with Crippen molar-refractivity contribution in [1.82, 2.24) is 0 Å². The zero-order chi connectivity index (χ0) is 13.2. The Hall–Kier alpha value is -2.13. The van der Waals surface area contributed by atoms with E-state index in [1.54, 1.807) is 18.3 Å². The Kier molecular flexibility index (Phi) is 3.05. The second-order valence-electron chi connectivity index (χ2n) is 4.35. The summed E-state index contributed by atoms with van der Waals surface area (Å²) >= 11 is 6.03. The molecule has 4 heteroatoms. The average Bonchev–Trinajstić information content (AvgIpc) is 2.85. The van der Waals surface area contributed by atoms with Crippen LogP contribution in [0.4, 0.5) is 11.4 Å². The third-order valence-electron chi connectivity index (χ3n) is 3.12. The molecule has 0 bridgehead atoms. The largest absolute Gasteiger partial charge is 0.324 e. The van der Waals surface area contributed by atoms with Crippen LogP contribution < -0.4 is 10.3 Å². The number of fused-ring (bicyclic) bond motifs is 1. The van der Waals surface area contributed by atoms with Crippen LogP contribution in [0, 0.1) is 0 Å². The number of rotatable bonds is 2.